The number of hydrogen-bond acceptors (Lipinski definition) is 2. The van der Waals surface area contributed by atoms with Gasteiger partial charge in [0, 0.05) is 48.8 Å². The summed E-state index contributed by atoms with van der Waals surface area (Å²) in [5.41, 5.74) is 8.04. The molecule has 2 nitrogen and oxygen atoms in total. The van der Waals surface area contributed by atoms with Gasteiger partial charge in [0.05, 0.1) is 0 Å². The summed E-state index contributed by atoms with van der Waals surface area (Å²) < 4.78 is 0. The molecule has 3 heteroatoms. The van der Waals surface area contributed by atoms with Gasteiger partial charge in [-0.2, -0.15) is 0 Å². The van der Waals surface area contributed by atoms with Crippen molar-refractivity contribution in [2.75, 3.05) is 23.9 Å². The quantitative estimate of drug-likeness (QED) is 0.327. The Bertz CT molecular complexity index is 1150. The summed E-state index contributed by atoms with van der Waals surface area (Å²) in [5.74, 6) is 0. The molecular formula is C28H25ClN2. The topological polar surface area (TPSA) is 6.48 Å². The molecule has 0 amide bonds. The van der Waals surface area contributed by atoms with Crippen LogP contribution in [0.4, 0.5) is 17.1 Å². The number of rotatable bonds is 4. The Morgan fingerprint density at radius 2 is 1.19 bits per heavy atom. The highest BCUT2D eigenvalue weighted by Crippen LogP contribution is 2.55. The lowest BCUT2D eigenvalue weighted by Crippen LogP contribution is -2.34. The standard InChI is InChI=1S/C28H25ClN2/c1-30(2)23-18-16-22(17-19-23)28(29)24-12-6-8-14-26(24)31(20-21-10-4-3-5-11-21)27-15-9-7-13-25(27)28/h3-19H,20H2,1-2H3. The minimum absolute atomic E-state index is 0.745. The summed E-state index contributed by atoms with van der Waals surface area (Å²) in [6.45, 7) is 0.793. The van der Waals surface area contributed by atoms with Crippen LogP contribution >= 0.6 is 11.6 Å². The normalized spacial score (nSPS) is 14.0. The lowest BCUT2D eigenvalue weighted by atomic mass is 9.79. The maximum absolute atomic E-state index is 7.62. The molecule has 0 radical (unpaired) electrons. The summed E-state index contributed by atoms with van der Waals surface area (Å²) in [4.78, 5) is 3.75. The van der Waals surface area contributed by atoms with E-state index in [0.29, 0.717) is 0 Å². The number of para-hydroxylation sites is 2. The van der Waals surface area contributed by atoms with Gasteiger partial charge in [-0.05, 0) is 35.4 Å². The molecule has 0 aromatic heterocycles. The van der Waals surface area contributed by atoms with Crippen LogP contribution < -0.4 is 9.80 Å². The second kappa shape index (κ2) is 7.79. The molecule has 1 aliphatic heterocycles. The van der Waals surface area contributed by atoms with Gasteiger partial charge in [-0.1, -0.05) is 78.9 Å². The van der Waals surface area contributed by atoms with E-state index >= 15 is 0 Å². The third kappa shape index (κ3) is 3.28. The Hall–Kier alpha value is -3.23. The summed E-state index contributed by atoms with van der Waals surface area (Å²) in [5, 5.41) is 0. The number of benzene rings is 4. The number of fused-ring (bicyclic) bond motifs is 2. The molecule has 4 aromatic rings. The van der Waals surface area contributed by atoms with Gasteiger partial charge in [0.2, 0.25) is 0 Å². The van der Waals surface area contributed by atoms with E-state index in [2.05, 4.69) is 127 Å². The van der Waals surface area contributed by atoms with Crippen molar-refractivity contribution >= 4 is 28.7 Å². The molecule has 0 spiro atoms. The third-order valence-electron chi connectivity index (χ3n) is 6.10. The zero-order chi connectivity index (χ0) is 21.4. The fraction of sp³-hybridized carbons (Fsp3) is 0.143. The Balaban J connectivity index is 1.70. The average Bonchev–Trinajstić information content (AvgIpc) is 2.82. The van der Waals surface area contributed by atoms with Crippen molar-refractivity contribution in [2.45, 2.75) is 11.4 Å². The van der Waals surface area contributed by atoms with Crippen LogP contribution in [0.5, 0.6) is 0 Å². The van der Waals surface area contributed by atoms with Gasteiger partial charge in [-0.25, -0.2) is 0 Å². The monoisotopic (exact) mass is 424 g/mol. The molecule has 5 rings (SSSR count). The molecule has 0 aliphatic carbocycles. The fourth-order valence-corrected chi connectivity index (χ4v) is 4.96. The molecule has 0 atom stereocenters. The Labute approximate surface area is 189 Å². The van der Waals surface area contributed by atoms with Crippen LogP contribution in [0.1, 0.15) is 22.3 Å². The Morgan fingerprint density at radius 1 is 0.677 bits per heavy atom. The summed E-state index contributed by atoms with van der Waals surface area (Å²) in [6.07, 6.45) is 0. The summed E-state index contributed by atoms with van der Waals surface area (Å²) >= 11 is 7.62. The minimum Gasteiger partial charge on any atom is -0.378 e. The van der Waals surface area contributed by atoms with E-state index in [4.69, 9.17) is 11.6 Å². The smallest absolute Gasteiger partial charge is 0.123 e. The Kier molecular flexibility index (Phi) is 4.95. The number of anilines is 3. The van der Waals surface area contributed by atoms with Crippen LogP contribution in [0.2, 0.25) is 0 Å². The van der Waals surface area contributed by atoms with E-state index in [0.717, 1.165) is 40.3 Å². The molecule has 154 valence electrons. The van der Waals surface area contributed by atoms with Gasteiger partial charge in [0.1, 0.15) is 4.87 Å². The molecule has 0 N–H and O–H groups in total. The SMILES string of the molecule is CN(C)c1ccc(C2(Cl)c3ccccc3N(Cc3ccccc3)c3ccccc32)cc1. The number of halogens is 1. The molecular weight excluding hydrogens is 400 g/mol. The molecule has 0 unspecified atom stereocenters. The van der Waals surface area contributed by atoms with Gasteiger partial charge in [0.15, 0.2) is 0 Å². The predicted molar refractivity (Wildman–Crippen MR) is 132 cm³/mol. The van der Waals surface area contributed by atoms with E-state index in [1.54, 1.807) is 0 Å². The molecule has 0 saturated heterocycles. The first-order valence-corrected chi connectivity index (χ1v) is 10.9. The van der Waals surface area contributed by atoms with Crippen LogP contribution in [0.3, 0.4) is 0 Å². The first-order valence-electron chi connectivity index (χ1n) is 10.6. The minimum atomic E-state index is -0.745. The van der Waals surface area contributed by atoms with Crippen LogP contribution in [-0.2, 0) is 11.4 Å². The summed E-state index contributed by atoms with van der Waals surface area (Å²) in [6, 6.07) is 36.2. The fourth-order valence-electron chi connectivity index (χ4n) is 4.51. The predicted octanol–water partition coefficient (Wildman–Crippen LogP) is 6.94. The highest BCUT2D eigenvalue weighted by Gasteiger charge is 2.43. The molecule has 1 aliphatic rings. The van der Waals surface area contributed by atoms with Crippen molar-refractivity contribution in [3.05, 3.63) is 125 Å². The zero-order valence-electron chi connectivity index (χ0n) is 17.8. The molecule has 1 heterocycles. The van der Waals surface area contributed by atoms with Crippen molar-refractivity contribution in [3.63, 3.8) is 0 Å². The van der Waals surface area contributed by atoms with Crippen molar-refractivity contribution in [3.8, 4) is 0 Å². The lowest BCUT2D eigenvalue weighted by Gasteiger charge is -2.42. The Morgan fingerprint density at radius 3 is 1.74 bits per heavy atom. The van der Waals surface area contributed by atoms with Crippen LogP contribution in [0, 0.1) is 0 Å². The maximum Gasteiger partial charge on any atom is 0.123 e. The third-order valence-corrected chi connectivity index (χ3v) is 6.72. The second-order valence-electron chi connectivity index (χ2n) is 8.21. The average molecular weight is 425 g/mol. The largest absolute Gasteiger partial charge is 0.378 e. The number of nitrogens with zero attached hydrogens (tertiary/aromatic N) is 2. The van der Waals surface area contributed by atoms with E-state index in [1.807, 2.05) is 0 Å². The van der Waals surface area contributed by atoms with Gasteiger partial charge >= 0.3 is 0 Å². The lowest BCUT2D eigenvalue weighted by molar-refractivity contribution is 0.815. The van der Waals surface area contributed by atoms with E-state index in [1.165, 1.54) is 5.56 Å². The van der Waals surface area contributed by atoms with Gasteiger partial charge in [-0.15, -0.1) is 11.6 Å². The van der Waals surface area contributed by atoms with E-state index in [-0.39, 0.29) is 0 Å². The van der Waals surface area contributed by atoms with Crippen LogP contribution in [0.15, 0.2) is 103 Å². The molecule has 4 aromatic carbocycles. The zero-order valence-corrected chi connectivity index (χ0v) is 18.6. The van der Waals surface area contributed by atoms with Gasteiger partial charge in [0.25, 0.3) is 0 Å². The first-order chi connectivity index (χ1) is 15.1. The molecule has 31 heavy (non-hydrogen) atoms. The van der Waals surface area contributed by atoms with E-state index in [9.17, 15) is 0 Å². The highest BCUT2D eigenvalue weighted by molar-refractivity contribution is 6.29. The van der Waals surface area contributed by atoms with E-state index < -0.39 is 4.87 Å². The van der Waals surface area contributed by atoms with Crippen molar-refractivity contribution in [2.24, 2.45) is 0 Å². The second-order valence-corrected chi connectivity index (χ2v) is 8.77. The number of hydrogen-bond donors (Lipinski definition) is 0. The van der Waals surface area contributed by atoms with Gasteiger partial charge < -0.3 is 9.80 Å². The molecule has 0 fully saturated rings. The van der Waals surface area contributed by atoms with Gasteiger partial charge in [-0.3, -0.25) is 0 Å². The highest BCUT2D eigenvalue weighted by atomic mass is 35.5. The van der Waals surface area contributed by atoms with Crippen molar-refractivity contribution in [1.29, 1.82) is 0 Å². The first kappa shape index (κ1) is 19.7. The van der Waals surface area contributed by atoms with Crippen molar-refractivity contribution < 1.29 is 0 Å². The van der Waals surface area contributed by atoms with Crippen LogP contribution in [-0.4, -0.2) is 14.1 Å². The van der Waals surface area contributed by atoms with Crippen LogP contribution in [0.25, 0.3) is 0 Å². The number of alkyl halides is 1. The maximum atomic E-state index is 7.62. The summed E-state index contributed by atoms with van der Waals surface area (Å²) in [7, 11) is 4.11. The van der Waals surface area contributed by atoms with Crippen molar-refractivity contribution in [1.82, 2.24) is 0 Å². The molecule has 0 saturated carbocycles. The molecule has 0 bridgehead atoms.